The highest BCUT2D eigenvalue weighted by Crippen LogP contribution is 2.16. The fraction of sp³-hybridized carbons (Fsp3) is 0.909. The van der Waals surface area contributed by atoms with Gasteiger partial charge in [-0.2, -0.15) is 0 Å². The van der Waals surface area contributed by atoms with Crippen molar-refractivity contribution in [3.63, 3.8) is 0 Å². The minimum atomic E-state index is -2.93. The largest absolute Gasteiger partial charge is 0.341 e. The summed E-state index contributed by atoms with van der Waals surface area (Å²) in [5, 5.41) is 3.06. The molecule has 1 N–H and O–H groups in total. The van der Waals surface area contributed by atoms with E-state index in [0.717, 1.165) is 13.1 Å². The van der Waals surface area contributed by atoms with Crippen LogP contribution in [-0.4, -0.2) is 82.4 Å². The topological polar surface area (TPSA) is 69.7 Å². The predicted octanol–water partition coefficient (Wildman–Crippen LogP) is -1.22. The number of amides is 1. The summed E-state index contributed by atoms with van der Waals surface area (Å²) in [6.07, 6.45) is 0.558. The summed E-state index contributed by atoms with van der Waals surface area (Å²) in [6.45, 7) is 1.88. The van der Waals surface area contributed by atoms with Crippen LogP contribution in [0.15, 0.2) is 0 Å². The van der Waals surface area contributed by atoms with Crippen LogP contribution in [0.3, 0.4) is 0 Å². The van der Waals surface area contributed by atoms with Gasteiger partial charge in [0.05, 0.1) is 18.1 Å². The van der Waals surface area contributed by atoms with Gasteiger partial charge in [0.1, 0.15) is 0 Å². The Kier molecular flexibility index (Phi) is 5.55. The summed E-state index contributed by atoms with van der Waals surface area (Å²) < 4.78 is 22.7. The Morgan fingerprint density at radius 3 is 2.50 bits per heavy atom. The number of hydrogen-bond acceptors (Lipinski definition) is 5. The first kappa shape index (κ1) is 15.4. The number of sulfone groups is 1. The quantitative estimate of drug-likeness (QED) is 0.617. The van der Waals surface area contributed by atoms with Gasteiger partial charge in [0.25, 0.3) is 0 Å². The highest BCUT2D eigenvalue weighted by atomic mass is 32.2. The lowest BCUT2D eigenvalue weighted by Crippen LogP contribution is -2.43. The molecule has 1 heterocycles. The first-order valence-corrected chi connectivity index (χ1v) is 7.95. The average Bonchev–Trinajstić information content (AvgIpc) is 2.63. The molecule has 1 aliphatic rings. The van der Waals surface area contributed by atoms with Gasteiger partial charge in [-0.05, 0) is 20.5 Å². The summed E-state index contributed by atoms with van der Waals surface area (Å²) in [4.78, 5) is 15.4. The summed E-state index contributed by atoms with van der Waals surface area (Å²) in [7, 11) is 2.69. The molecule has 18 heavy (non-hydrogen) atoms. The molecule has 1 saturated heterocycles. The van der Waals surface area contributed by atoms with E-state index in [9.17, 15) is 13.2 Å². The maximum Gasteiger partial charge on any atom is 0.236 e. The first-order chi connectivity index (χ1) is 8.32. The van der Waals surface area contributed by atoms with E-state index in [0.29, 0.717) is 6.42 Å². The lowest BCUT2D eigenvalue weighted by molar-refractivity contribution is -0.130. The fourth-order valence-electron chi connectivity index (χ4n) is 1.91. The molecular weight excluding hydrogens is 254 g/mol. The minimum absolute atomic E-state index is 0.0455. The number of rotatable bonds is 6. The van der Waals surface area contributed by atoms with Gasteiger partial charge >= 0.3 is 0 Å². The molecule has 1 fully saturated rings. The van der Waals surface area contributed by atoms with Gasteiger partial charge in [0.2, 0.25) is 5.91 Å². The fourth-order valence-corrected chi connectivity index (χ4v) is 3.68. The lowest BCUT2D eigenvalue weighted by Gasteiger charge is -2.23. The second-order valence-corrected chi connectivity index (χ2v) is 7.27. The zero-order valence-electron chi connectivity index (χ0n) is 11.3. The van der Waals surface area contributed by atoms with Crippen molar-refractivity contribution in [2.75, 3.05) is 52.3 Å². The second kappa shape index (κ2) is 6.49. The number of likely N-dealkylation sites (N-methyl/N-ethyl adjacent to an activating group) is 2. The van der Waals surface area contributed by atoms with Crippen LogP contribution < -0.4 is 5.32 Å². The number of hydrogen-bond donors (Lipinski definition) is 1. The van der Waals surface area contributed by atoms with Gasteiger partial charge in [-0.25, -0.2) is 8.42 Å². The standard InChI is InChI=1S/C11H23N3O3S/c1-13(2)6-5-12-8-11(15)14(3)10-4-7-18(16,17)9-10/h10,12H,4-9H2,1-3H3. The minimum Gasteiger partial charge on any atom is -0.341 e. The van der Waals surface area contributed by atoms with E-state index in [-0.39, 0.29) is 30.0 Å². The predicted molar refractivity (Wildman–Crippen MR) is 71.3 cm³/mol. The Labute approximate surface area is 109 Å². The average molecular weight is 277 g/mol. The maximum atomic E-state index is 11.8. The summed E-state index contributed by atoms with van der Waals surface area (Å²) in [5.74, 6) is 0.256. The molecule has 7 heteroatoms. The maximum absolute atomic E-state index is 11.8. The number of carbonyl (C=O) groups is 1. The van der Waals surface area contributed by atoms with Crippen LogP contribution in [0, 0.1) is 0 Å². The van der Waals surface area contributed by atoms with Crippen LogP contribution in [0.1, 0.15) is 6.42 Å². The SMILES string of the molecule is CN(C)CCNCC(=O)N(C)C1CCS(=O)(=O)C1. The van der Waals surface area contributed by atoms with Crippen molar-refractivity contribution < 1.29 is 13.2 Å². The molecule has 0 aromatic carbocycles. The number of nitrogens with one attached hydrogen (secondary N) is 1. The zero-order valence-corrected chi connectivity index (χ0v) is 12.2. The molecule has 1 rings (SSSR count). The molecule has 0 saturated carbocycles. The normalized spacial score (nSPS) is 22.3. The molecule has 0 aromatic heterocycles. The van der Waals surface area contributed by atoms with Gasteiger partial charge in [-0.3, -0.25) is 4.79 Å². The molecule has 106 valence electrons. The Morgan fingerprint density at radius 2 is 2.00 bits per heavy atom. The van der Waals surface area contributed by atoms with Crippen LogP contribution in [0.2, 0.25) is 0 Å². The molecule has 0 aliphatic carbocycles. The Bertz CT molecular complexity index is 381. The number of carbonyl (C=O) groups excluding carboxylic acids is 1. The smallest absolute Gasteiger partial charge is 0.236 e. The number of nitrogens with zero attached hydrogens (tertiary/aromatic N) is 2. The van der Waals surface area contributed by atoms with Crippen molar-refractivity contribution in [2.45, 2.75) is 12.5 Å². The first-order valence-electron chi connectivity index (χ1n) is 6.13. The highest BCUT2D eigenvalue weighted by molar-refractivity contribution is 7.91. The van der Waals surface area contributed by atoms with E-state index in [4.69, 9.17) is 0 Å². The molecule has 1 atom stereocenters. The third-order valence-electron chi connectivity index (χ3n) is 3.16. The third-order valence-corrected chi connectivity index (χ3v) is 4.91. The monoisotopic (exact) mass is 277 g/mol. The third kappa shape index (κ3) is 4.91. The van der Waals surface area contributed by atoms with Crippen molar-refractivity contribution in [1.82, 2.24) is 15.1 Å². The molecule has 0 aromatic rings. The van der Waals surface area contributed by atoms with Crippen LogP contribution >= 0.6 is 0 Å². The van der Waals surface area contributed by atoms with E-state index in [1.54, 1.807) is 11.9 Å². The van der Waals surface area contributed by atoms with Crippen molar-refractivity contribution in [3.05, 3.63) is 0 Å². The van der Waals surface area contributed by atoms with Crippen molar-refractivity contribution in [2.24, 2.45) is 0 Å². The van der Waals surface area contributed by atoms with Crippen LogP contribution in [0.4, 0.5) is 0 Å². The Balaban J connectivity index is 2.29. The zero-order chi connectivity index (χ0) is 13.8. The second-order valence-electron chi connectivity index (χ2n) is 5.04. The Morgan fingerprint density at radius 1 is 1.33 bits per heavy atom. The van der Waals surface area contributed by atoms with Crippen LogP contribution in [0.25, 0.3) is 0 Å². The van der Waals surface area contributed by atoms with Gasteiger partial charge in [0.15, 0.2) is 9.84 Å². The molecular formula is C11H23N3O3S. The van der Waals surface area contributed by atoms with Gasteiger partial charge in [-0.15, -0.1) is 0 Å². The van der Waals surface area contributed by atoms with Crippen molar-refractivity contribution in [3.8, 4) is 0 Å². The van der Waals surface area contributed by atoms with E-state index >= 15 is 0 Å². The summed E-state index contributed by atoms with van der Waals surface area (Å²) in [6, 6.07) is -0.154. The van der Waals surface area contributed by atoms with E-state index in [1.807, 2.05) is 19.0 Å². The molecule has 1 amide bonds. The highest BCUT2D eigenvalue weighted by Gasteiger charge is 2.32. The van der Waals surface area contributed by atoms with Gasteiger partial charge in [0, 0.05) is 26.2 Å². The van der Waals surface area contributed by atoms with E-state index in [2.05, 4.69) is 5.32 Å². The molecule has 0 radical (unpaired) electrons. The van der Waals surface area contributed by atoms with Gasteiger partial charge in [-0.1, -0.05) is 0 Å². The molecule has 1 unspecified atom stereocenters. The van der Waals surface area contributed by atoms with Crippen LogP contribution in [0.5, 0.6) is 0 Å². The van der Waals surface area contributed by atoms with Crippen molar-refractivity contribution >= 4 is 15.7 Å². The van der Waals surface area contributed by atoms with Crippen molar-refractivity contribution in [1.29, 1.82) is 0 Å². The van der Waals surface area contributed by atoms with E-state index < -0.39 is 9.84 Å². The molecule has 1 aliphatic heterocycles. The summed E-state index contributed by atoms with van der Waals surface area (Å²) in [5.41, 5.74) is 0. The van der Waals surface area contributed by atoms with E-state index in [1.165, 1.54) is 0 Å². The van der Waals surface area contributed by atoms with Crippen LogP contribution in [-0.2, 0) is 14.6 Å². The summed E-state index contributed by atoms with van der Waals surface area (Å²) >= 11 is 0. The molecule has 6 nitrogen and oxygen atoms in total. The molecule has 0 spiro atoms. The molecule has 0 bridgehead atoms. The van der Waals surface area contributed by atoms with Gasteiger partial charge < -0.3 is 15.1 Å². The lowest BCUT2D eigenvalue weighted by atomic mass is 10.2. The Hall–Kier alpha value is -0.660.